The van der Waals surface area contributed by atoms with Crippen LogP contribution in [0.15, 0.2) is 40.9 Å². The highest BCUT2D eigenvalue weighted by molar-refractivity contribution is 7.89. The minimum Gasteiger partial charge on any atom is -0.348 e. The Kier molecular flexibility index (Phi) is 10.3. The van der Waals surface area contributed by atoms with E-state index in [1.54, 1.807) is 35.7 Å². The lowest BCUT2D eigenvalue weighted by Gasteiger charge is -2.34. The third-order valence-corrected chi connectivity index (χ3v) is 10.1. The van der Waals surface area contributed by atoms with E-state index in [1.165, 1.54) is 17.4 Å². The van der Waals surface area contributed by atoms with Crippen molar-refractivity contribution in [3.05, 3.63) is 53.2 Å². The first kappa shape index (κ1) is 30.9. The highest BCUT2D eigenvalue weighted by Gasteiger charge is 2.33. The van der Waals surface area contributed by atoms with Gasteiger partial charge in [-0.25, -0.2) is 17.8 Å². The fraction of sp³-hybridized carbons (Fsp3) is 0.483. The van der Waals surface area contributed by atoms with Gasteiger partial charge in [0.15, 0.2) is 0 Å². The van der Waals surface area contributed by atoms with E-state index in [4.69, 9.17) is 0 Å². The average Bonchev–Trinajstić information content (AvgIpc) is 3.65. The lowest BCUT2D eigenvalue weighted by Crippen LogP contribution is -2.50. The van der Waals surface area contributed by atoms with Crippen molar-refractivity contribution in [1.29, 1.82) is 0 Å². The van der Waals surface area contributed by atoms with Gasteiger partial charge in [0.05, 0.1) is 17.7 Å². The molecule has 0 radical (unpaired) electrons. The number of rotatable bonds is 12. The first-order valence-corrected chi connectivity index (χ1v) is 16.5. The van der Waals surface area contributed by atoms with Gasteiger partial charge in [-0.2, -0.15) is 4.72 Å². The predicted octanol–water partition coefficient (Wildman–Crippen LogP) is 5.25. The topological polar surface area (TPSA) is 124 Å². The van der Waals surface area contributed by atoms with E-state index >= 15 is 0 Å². The Hall–Kier alpha value is -3.09. The molecule has 2 aromatic heterocycles. The van der Waals surface area contributed by atoms with Crippen molar-refractivity contribution < 1.29 is 22.4 Å². The number of aromatic nitrogens is 2. The number of sulfonamides is 1. The first-order valence-electron chi connectivity index (χ1n) is 14.1. The fourth-order valence-corrected chi connectivity index (χ4v) is 7.32. The zero-order valence-corrected chi connectivity index (χ0v) is 25.3. The second kappa shape index (κ2) is 13.7. The number of piperidine rings is 1. The number of hydrogen-bond acceptors (Lipinski definition) is 6. The molecule has 2 amide bonds. The molecule has 1 saturated heterocycles. The molecule has 3 aromatic rings. The number of nitrogens with zero attached hydrogens (tertiary/aromatic N) is 2. The van der Waals surface area contributed by atoms with Gasteiger partial charge in [0.2, 0.25) is 21.8 Å². The van der Waals surface area contributed by atoms with Gasteiger partial charge in [-0.3, -0.25) is 9.59 Å². The molecule has 0 saturated carbocycles. The number of aromatic amines is 1. The maximum absolute atomic E-state index is 14.9. The molecule has 3 N–H and O–H groups in total. The van der Waals surface area contributed by atoms with E-state index < -0.39 is 32.7 Å². The van der Waals surface area contributed by atoms with Gasteiger partial charge in [0, 0.05) is 35.6 Å². The Morgan fingerprint density at radius 2 is 2.00 bits per heavy atom. The van der Waals surface area contributed by atoms with Crippen molar-refractivity contribution in [1.82, 2.24) is 19.6 Å². The van der Waals surface area contributed by atoms with Gasteiger partial charge in [0.25, 0.3) is 0 Å². The minimum absolute atomic E-state index is 0.00435. The van der Waals surface area contributed by atoms with Crippen LogP contribution in [0.25, 0.3) is 10.4 Å². The van der Waals surface area contributed by atoms with Gasteiger partial charge in [-0.05, 0) is 68.5 Å². The molecular formula is C29H38FN5O4S2. The van der Waals surface area contributed by atoms with Crippen LogP contribution in [-0.4, -0.2) is 54.2 Å². The fourth-order valence-electron chi connectivity index (χ4n) is 5.16. The summed E-state index contributed by atoms with van der Waals surface area (Å²) < 4.78 is 45.4. The van der Waals surface area contributed by atoms with Crippen LogP contribution >= 0.6 is 11.3 Å². The van der Waals surface area contributed by atoms with Crippen molar-refractivity contribution in [2.75, 3.05) is 18.4 Å². The number of carbonyl (C=O) groups excluding carboxylic acids is 2. The molecule has 0 bridgehead atoms. The van der Waals surface area contributed by atoms with Crippen molar-refractivity contribution in [2.24, 2.45) is 5.92 Å². The molecule has 222 valence electrons. The standard InChI is InChI=1S/C29H38FN5O4S2/c1-4-20-11-13-35(14-12-20)29(37)24(9-6-8-23-19(3)31-18-32-23)34-41(38,39)26-17-21(30)16-22(25-10-7-15-40-25)28(26)33-27(36)5-2/h7,10,15-18,20,24,34H,4-6,8-9,11-14H2,1-3H3,(H,31,32)(H,33,36). The minimum atomic E-state index is -4.44. The summed E-state index contributed by atoms with van der Waals surface area (Å²) in [6.45, 7) is 6.82. The normalized spacial score (nSPS) is 15.2. The Labute approximate surface area is 245 Å². The third kappa shape index (κ3) is 7.60. The van der Waals surface area contributed by atoms with Crippen molar-refractivity contribution >= 4 is 38.9 Å². The Morgan fingerprint density at radius 1 is 1.24 bits per heavy atom. The number of thiophene rings is 1. The number of benzene rings is 1. The summed E-state index contributed by atoms with van der Waals surface area (Å²) >= 11 is 1.30. The van der Waals surface area contributed by atoms with E-state index in [1.807, 2.05) is 6.92 Å². The summed E-state index contributed by atoms with van der Waals surface area (Å²) in [5.41, 5.74) is 2.04. The number of anilines is 1. The Morgan fingerprint density at radius 3 is 2.61 bits per heavy atom. The summed E-state index contributed by atoms with van der Waals surface area (Å²) in [6.07, 6.45) is 5.81. The van der Waals surface area contributed by atoms with Crippen molar-refractivity contribution in [3.63, 3.8) is 0 Å². The number of hydrogen-bond donors (Lipinski definition) is 3. The Balaban J connectivity index is 1.66. The predicted molar refractivity (Wildman–Crippen MR) is 159 cm³/mol. The molecule has 12 heteroatoms. The van der Waals surface area contributed by atoms with E-state index in [-0.39, 0.29) is 30.0 Å². The lowest BCUT2D eigenvalue weighted by atomic mass is 9.94. The van der Waals surface area contributed by atoms with E-state index in [2.05, 4.69) is 26.9 Å². The molecule has 1 aliphatic rings. The van der Waals surface area contributed by atoms with Crippen LogP contribution < -0.4 is 10.0 Å². The van der Waals surface area contributed by atoms with Crippen molar-refractivity contribution in [2.45, 2.75) is 76.7 Å². The van der Waals surface area contributed by atoms with Crippen LogP contribution in [0.2, 0.25) is 0 Å². The summed E-state index contributed by atoms with van der Waals surface area (Å²) in [5, 5.41) is 4.46. The van der Waals surface area contributed by atoms with Crippen LogP contribution in [0.5, 0.6) is 0 Å². The molecular weight excluding hydrogens is 565 g/mol. The number of likely N-dealkylation sites (tertiary alicyclic amines) is 1. The lowest BCUT2D eigenvalue weighted by molar-refractivity contribution is -0.134. The van der Waals surface area contributed by atoms with Gasteiger partial charge in [0.1, 0.15) is 16.8 Å². The summed E-state index contributed by atoms with van der Waals surface area (Å²) in [5.74, 6) is -0.922. The van der Waals surface area contributed by atoms with Crippen LogP contribution in [0.3, 0.4) is 0 Å². The maximum atomic E-state index is 14.9. The van der Waals surface area contributed by atoms with Gasteiger partial charge in [-0.1, -0.05) is 26.3 Å². The second-order valence-electron chi connectivity index (χ2n) is 10.4. The van der Waals surface area contributed by atoms with Crippen molar-refractivity contribution in [3.8, 4) is 10.4 Å². The van der Waals surface area contributed by atoms with Crippen LogP contribution in [0.1, 0.15) is 63.8 Å². The van der Waals surface area contributed by atoms with Gasteiger partial charge in [-0.15, -0.1) is 11.3 Å². The molecule has 3 heterocycles. The number of carbonyl (C=O) groups is 2. The number of imidazole rings is 1. The molecule has 0 spiro atoms. The van der Waals surface area contributed by atoms with Crippen LogP contribution in [0.4, 0.5) is 10.1 Å². The molecule has 1 fully saturated rings. The number of H-pyrrole nitrogens is 1. The summed E-state index contributed by atoms with van der Waals surface area (Å²) in [7, 11) is -4.44. The quantitative estimate of drug-likeness (QED) is 0.261. The Bertz CT molecular complexity index is 1450. The number of aryl methyl sites for hydroxylation is 2. The van der Waals surface area contributed by atoms with Crippen LogP contribution in [0, 0.1) is 18.7 Å². The maximum Gasteiger partial charge on any atom is 0.243 e. The summed E-state index contributed by atoms with van der Waals surface area (Å²) in [6, 6.07) is 4.55. The van der Waals surface area contributed by atoms with E-state index in [0.717, 1.165) is 36.7 Å². The number of nitrogens with one attached hydrogen (secondary N) is 3. The largest absolute Gasteiger partial charge is 0.348 e. The highest BCUT2D eigenvalue weighted by atomic mass is 32.2. The molecule has 9 nitrogen and oxygen atoms in total. The first-order chi connectivity index (χ1) is 19.6. The molecule has 1 unspecified atom stereocenters. The molecule has 1 aromatic carbocycles. The SMILES string of the molecule is CCC(=O)Nc1c(-c2cccs2)cc(F)cc1S(=O)(=O)NC(CCCc1nc[nH]c1C)C(=O)N1CCC(CC)CC1. The number of amides is 2. The van der Waals surface area contributed by atoms with Gasteiger partial charge < -0.3 is 15.2 Å². The third-order valence-electron chi connectivity index (χ3n) is 7.67. The second-order valence-corrected chi connectivity index (χ2v) is 13.1. The zero-order valence-electron chi connectivity index (χ0n) is 23.7. The van der Waals surface area contributed by atoms with E-state index in [0.29, 0.717) is 36.7 Å². The van der Waals surface area contributed by atoms with Crippen LogP contribution in [-0.2, 0) is 26.0 Å². The molecule has 0 aliphatic carbocycles. The summed E-state index contributed by atoms with van der Waals surface area (Å²) in [4.78, 5) is 35.4. The van der Waals surface area contributed by atoms with Gasteiger partial charge >= 0.3 is 0 Å². The monoisotopic (exact) mass is 603 g/mol. The molecule has 4 rings (SSSR count). The molecule has 1 aliphatic heterocycles. The molecule has 41 heavy (non-hydrogen) atoms. The zero-order chi connectivity index (χ0) is 29.6. The van der Waals surface area contributed by atoms with E-state index in [9.17, 15) is 22.4 Å². The molecule has 1 atom stereocenters. The average molecular weight is 604 g/mol. The smallest absolute Gasteiger partial charge is 0.243 e. The highest BCUT2D eigenvalue weighted by Crippen LogP contribution is 2.37. The number of halogens is 1.